The summed E-state index contributed by atoms with van der Waals surface area (Å²) < 4.78 is 40.4. The van der Waals surface area contributed by atoms with Crippen molar-refractivity contribution in [2.45, 2.75) is 50.6 Å². The second kappa shape index (κ2) is 6.42. The van der Waals surface area contributed by atoms with Crippen molar-refractivity contribution in [3.8, 4) is 0 Å². The van der Waals surface area contributed by atoms with Crippen LogP contribution in [-0.2, 0) is 16.6 Å². The molecule has 0 spiro atoms. The molecule has 0 aromatic heterocycles. The van der Waals surface area contributed by atoms with Gasteiger partial charge in [-0.25, -0.2) is 17.1 Å². The van der Waals surface area contributed by atoms with Gasteiger partial charge in [0.25, 0.3) is 0 Å². The molecule has 0 heterocycles. The van der Waals surface area contributed by atoms with Crippen molar-refractivity contribution >= 4 is 10.0 Å². The summed E-state index contributed by atoms with van der Waals surface area (Å²) >= 11 is 0. The summed E-state index contributed by atoms with van der Waals surface area (Å²) in [7, 11) is -2.10. The molecule has 0 bridgehead atoms. The van der Waals surface area contributed by atoms with Crippen LogP contribution in [0.4, 0.5) is 4.39 Å². The first kappa shape index (κ1) is 16.4. The normalized spacial score (nSPS) is 15.7. The van der Waals surface area contributed by atoms with E-state index in [9.17, 15) is 12.8 Å². The summed E-state index contributed by atoms with van der Waals surface area (Å²) in [4.78, 5) is 0.0750. The van der Waals surface area contributed by atoms with Crippen molar-refractivity contribution < 1.29 is 12.8 Å². The molecule has 1 saturated carbocycles. The lowest BCUT2D eigenvalue weighted by Gasteiger charge is -2.19. The molecule has 0 atom stereocenters. The Morgan fingerprint density at radius 1 is 1.38 bits per heavy atom. The van der Waals surface area contributed by atoms with E-state index in [1.165, 1.54) is 24.3 Å². The van der Waals surface area contributed by atoms with Gasteiger partial charge in [-0.1, -0.05) is 6.92 Å². The maximum Gasteiger partial charge on any atom is 0.243 e. The van der Waals surface area contributed by atoms with Crippen molar-refractivity contribution in [2.75, 3.05) is 13.6 Å². The average Bonchev–Trinajstić information content (AvgIpc) is 3.24. The smallest absolute Gasteiger partial charge is 0.243 e. The number of rotatable bonds is 7. The Morgan fingerprint density at radius 2 is 2.05 bits per heavy atom. The van der Waals surface area contributed by atoms with Crippen LogP contribution in [0.5, 0.6) is 0 Å². The Balaban J connectivity index is 2.31. The fraction of sp³-hybridized carbons (Fsp3) is 0.600. The summed E-state index contributed by atoms with van der Waals surface area (Å²) in [6.07, 6.45) is 3.00. The molecule has 2 rings (SSSR count). The molecule has 0 saturated heterocycles. The monoisotopic (exact) mass is 314 g/mol. The van der Waals surface area contributed by atoms with Gasteiger partial charge in [0.1, 0.15) is 5.82 Å². The molecule has 1 aliphatic carbocycles. The van der Waals surface area contributed by atoms with Gasteiger partial charge in [0.2, 0.25) is 10.0 Å². The zero-order chi connectivity index (χ0) is 15.6. The van der Waals surface area contributed by atoms with E-state index in [1.807, 2.05) is 6.92 Å². The number of hydrogen-bond acceptors (Lipinski definition) is 3. The fourth-order valence-corrected chi connectivity index (χ4v) is 3.77. The molecule has 4 nitrogen and oxygen atoms in total. The third kappa shape index (κ3) is 3.81. The van der Waals surface area contributed by atoms with Gasteiger partial charge in [-0.15, -0.1) is 0 Å². The van der Waals surface area contributed by atoms with Crippen LogP contribution in [0.15, 0.2) is 17.0 Å². The molecule has 118 valence electrons. The van der Waals surface area contributed by atoms with Crippen LogP contribution in [-0.4, -0.2) is 32.4 Å². The molecule has 0 radical (unpaired) electrons. The van der Waals surface area contributed by atoms with Gasteiger partial charge in [-0.05, 0) is 43.9 Å². The molecular formula is C15H23FN2O2S. The van der Waals surface area contributed by atoms with Crippen molar-refractivity contribution in [1.29, 1.82) is 0 Å². The molecular weight excluding hydrogens is 291 g/mol. The molecule has 1 fully saturated rings. The van der Waals surface area contributed by atoms with Gasteiger partial charge in [0.05, 0.1) is 4.90 Å². The van der Waals surface area contributed by atoms with Crippen LogP contribution in [0.2, 0.25) is 0 Å². The van der Waals surface area contributed by atoms with Gasteiger partial charge >= 0.3 is 0 Å². The second-order valence-corrected chi connectivity index (χ2v) is 7.70. The summed E-state index contributed by atoms with van der Waals surface area (Å²) in [6.45, 7) is 4.35. The van der Waals surface area contributed by atoms with Gasteiger partial charge < -0.3 is 5.32 Å². The topological polar surface area (TPSA) is 49.4 Å². The van der Waals surface area contributed by atoms with Crippen LogP contribution >= 0.6 is 0 Å². The van der Waals surface area contributed by atoms with E-state index in [2.05, 4.69) is 5.32 Å². The lowest BCUT2D eigenvalue weighted by atomic mass is 10.1. The molecule has 1 aromatic rings. The Labute approximate surface area is 126 Å². The van der Waals surface area contributed by atoms with Crippen molar-refractivity contribution in [1.82, 2.24) is 9.62 Å². The predicted octanol–water partition coefficient (Wildman–Crippen LogP) is 2.42. The molecule has 0 amide bonds. The Bertz CT molecular complexity index is 612. The number of halogens is 1. The van der Waals surface area contributed by atoms with Crippen molar-refractivity contribution in [2.24, 2.45) is 0 Å². The summed E-state index contributed by atoms with van der Waals surface area (Å²) in [5.74, 6) is -0.464. The van der Waals surface area contributed by atoms with E-state index >= 15 is 0 Å². The largest absolute Gasteiger partial charge is 0.310 e. The van der Waals surface area contributed by atoms with Crippen LogP contribution in [0.1, 0.15) is 37.3 Å². The third-order valence-corrected chi connectivity index (χ3v) is 5.74. The Hall–Kier alpha value is -0.980. The summed E-state index contributed by atoms with van der Waals surface area (Å²) in [5, 5.41) is 3.28. The first-order valence-corrected chi connectivity index (χ1v) is 8.79. The Morgan fingerprint density at radius 3 is 2.62 bits per heavy atom. The minimum Gasteiger partial charge on any atom is -0.310 e. The van der Waals surface area contributed by atoms with Gasteiger partial charge in [0.15, 0.2) is 0 Å². The number of nitrogens with one attached hydrogen (secondary N) is 1. The fourth-order valence-electron chi connectivity index (χ4n) is 2.23. The van der Waals surface area contributed by atoms with E-state index in [0.717, 1.165) is 19.3 Å². The average molecular weight is 314 g/mol. The second-order valence-electron chi connectivity index (χ2n) is 5.68. The highest BCUT2D eigenvalue weighted by molar-refractivity contribution is 7.89. The molecule has 21 heavy (non-hydrogen) atoms. The molecule has 1 aliphatic rings. The van der Waals surface area contributed by atoms with E-state index in [1.54, 1.807) is 6.07 Å². The highest BCUT2D eigenvalue weighted by Crippen LogP contribution is 2.25. The summed E-state index contributed by atoms with van der Waals surface area (Å²) in [5.41, 5.74) is 0.863. The number of nitrogens with zero attached hydrogens (tertiary/aromatic N) is 1. The van der Waals surface area contributed by atoms with Crippen LogP contribution in [0, 0.1) is 12.7 Å². The van der Waals surface area contributed by atoms with Gasteiger partial charge in [-0.3, -0.25) is 0 Å². The quantitative estimate of drug-likeness (QED) is 0.841. The van der Waals surface area contributed by atoms with E-state index < -0.39 is 15.8 Å². The zero-order valence-electron chi connectivity index (χ0n) is 12.8. The van der Waals surface area contributed by atoms with Gasteiger partial charge in [-0.2, -0.15) is 0 Å². The van der Waals surface area contributed by atoms with Gasteiger partial charge in [0, 0.05) is 31.7 Å². The lowest BCUT2D eigenvalue weighted by Crippen LogP contribution is -2.28. The molecule has 6 heteroatoms. The lowest BCUT2D eigenvalue weighted by molar-refractivity contribution is 0.466. The zero-order valence-corrected chi connectivity index (χ0v) is 13.6. The maximum absolute atomic E-state index is 14.0. The molecule has 0 aliphatic heterocycles. The molecule has 1 N–H and O–H groups in total. The SMILES string of the molecule is CCCN(C)S(=O)(=O)c1cc(CNC2CC2)cc(F)c1C. The van der Waals surface area contributed by atoms with Crippen LogP contribution in [0.3, 0.4) is 0 Å². The van der Waals surface area contributed by atoms with E-state index in [0.29, 0.717) is 24.7 Å². The predicted molar refractivity (Wildman–Crippen MR) is 81.1 cm³/mol. The number of sulfonamides is 1. The first-order chi connectivity index (χ1) is 9.86. The standard InChI is InChI=1S/C15H23FN2O2S/c1-4-7-18(3)21(19,20)15-9-12(8-14(16)11(15)2)10-17-13-5-6-13/h8-9,13,17H,4-7,10H2,1-3H3. The highest BCUT2D eigenvalue weighted by Gasteiger charge is 2.25. The number of hydrogen-bond donors (Lipinski definition) is 1. The Kier molecular flexibility index (Phi) is 5.01. The van der Waals surface area contributed by atoms with Crippen molar-refractivity contribution in [3.05, 3.63) is 29.1 Å². The number of benzene rings is 1. The highest BCUT2D eigenvalue weighted by atomic mass is 32.2. The summed E-state index contributed by atoms with van der Waals surface area (Å²) in [6, 6.07) is 3.51. The van der Waals surface area contributed by atoms with Crippen LogP contribution in [0.25, 0.3) is 0 Å². The maximum atomic E-state index is 14.0. The van der Waals surface area contributed by atoms with E-state index in [-0.39, 0.29) is 10.5 Å². The minimum absolute atomic E-state index is 0.0750. The van der Waals surface area contributed by atoms with E-state index in [4.69, 9.17) is 0 Å². The van der Waals surface area contributed by atoms with Crippen LogP contribution < -0.4 is 5.32 Å². The minimum atomic E-state index is -3.63. The third-order valence-electron chi connectivity index (χ3n) is 3.76. The van der Waals surface area contributed by atoms with Crippen molar-refractivity contribution in [3.63, 3.8) is 0 Å². The first-order valence-electron chi connectivity index (χ1n) is 7.35. The molecule has 0 unspecified atom stereocenters. The molecule has 1 aromatic carbocycles.